The Morgan fingerprint density at radius 1 is 0.778 bits per heavy atom. The van der Waals surface area contributed by atoms with Crippen molar-refractivity contribution in [1.82, 2.24) is 0 Å². The van der Waals surface area contributed by atoms with Crippen molar-refractivity contribution in [3.63, 3.8) is 0 Å². The van der Waals surface area contributed by atoms with E-state index in [0.29, 0.717) is 22.3 Å². The fourth-order valence-electron chi connectivity index (χ4n) is 1.84. The lowest BCUT2D eigenvalue weighted by atomic mass is 9.94. The predicted molar refractivity (Wildman–Crippen MR) is 66.4 cm³/mol. The second-order valence-corrected chi connectivity index (χ2v) is 3.80. The van der Waals surface area contributed by atoms with Gasteiger partial charge in [0.25, 0.3) is 0 Å². The molecule has 18 heavy (non-hydrogen) atoms. The van der Waals surface area contributed by atoms with E-state index < -0.39 is 6.10 Å². The van der Waals surface area contributed by atoms with E-state index in [0.717, 1.165) is 0 Å². The fourth-order valence-corrected chi connectivity index (χ4v) is 1.84. The van der Waals surface area contributed by atoms with E-state index in [4.69, 9.17) is 10.5 Å². The van der Waals surface area contributed by atoms with Gasteiger partial charge in [0.15, 0.2) is 0 Å². The summed E-state index contributed by atoms with van der Waals surface area (Å²) in [6.45, 7) is 0. The summed E-state index contributed by atoms with van der Waals surface area (Å²) >= 11 is 0. The van der Waals surface area contributed by atoms with Crippen molar-refractivity contribution in [2.75, 3.05) is 0 Å². The summed E-state index contributed by atoms with van der Waals surface area (Å²) in [5.74, 6) is 0. The van der Waals surface area contributed by atoms with E-state index in [1.807, 2.05) is 12.1 Å². The van der Waals surface area contributed by atoms with Crippen molar-refractivity contribution in [3.8, 4) is 12.1 Å². The third-order valence-electron chi connectivity index (χ3n) is 2.75. The number of rotatable bonds is 2. The van der Waals surface area contributed by atoms with Gasteiger partial charge in [0.05, 0.1) is 23.3 Å². The second kappa shape index (κ2) is 5.14. The van der Waals surface area contributed by atoms with Crippen LogP contribution < -0.4 is 0 Å². The molecule has 0 heterocycles. The van der Waals surface area contributed by atoms with Gasteiger partial charge in [-0.2, -0.15) is 10.5 Å². The van der Waals surface area contributed by atoms with Crippen LogP contribution in [0.4, 0.5) is 0 Å². The first-order valence-corrected chi connectivity index (χ1v) is 5.44. The summed E-state index contributed by atoms with van der Waals surface area (Å²) in [5, 5.41) is 28.3. The molecule has 86 valence electrons. The standard InChI is InChI=1S/C15H10N2O/c16-9-11-5-1-3-7-13(11)15(18)14-8-4-2-6-12(14)10-17/h1-8,15,18H. The van der Waals surface area contributed by atoms with Gasteiger partial charge in [-0.05, 0) is 12.1 Å². The Kier molecular flexibility index (Phi) is 3.38. The number of aliphatic hydroxyl groups excluding tert-OH is 1. The van der Waals surface area contributed by atoms with E-state index >= 15 is 0 Å². The maximum Gasteiger partial charge on any atom is 0.107 e. The number of hydrogen-bond acceptors (Lipinski definition) is 3. The lowest BCUT2D eigenvalue weighted by Crippen LogP contribution is -2.04. The Labute approximate surface area is 105 Å². The molecule has 0 radical (unpaired) electrons. The summed E-state index contributed by atoms with van der Waals surface area (Å²) in [4.78, 5) is 0. The normalized spacial score (nSPS) is 9.78. The van der Waals surface area contributed by atoms with E-state index in [1.165, 1.54) is 0 Å². The number of hydrogen-bond donors (Lipinski definition) is 1. The van der Waals surface area contributed by atoms with E-state index in [-0.39, 0.29) is 0 Å². The van der Waals surface area contributed by atoms with Crippen LogP contribution in [0.5, 0.6) is 0 Å². The first-order valence-electron chi connectivity index (χ1n) is 5.44. The van der Waals surface area contributed by atoms with Gasteiger partial charge in [-0.15, -0.1) is 0 Å². The molecule has 3 heteroatoms. The molecule has 2 aromatic rings. The van der Waals surface area contributed by atoms with Gasteiger partial charge < -0.3 is 5.11 Å². The SMILES string of the molecule is N#Cc1ccccc1C(O)c1ccccc1C#N. The van der Waals surface area contributed by atoms with Crippen LogP contribution in [-0.2, 0) is 0 Å². The van der Waals surface area contributed by atoms with Crippen LogP contribution in [0.1, 0.15) is 28.4 Å². The van der Waals surface area contributed by atoms with Crippen molar-refractivity contribution < 1.29 is 5.11 Å². The summed E-state index contributed by atoms with van der Waals surface area (Å²) < 4.78 is 0. The average molecular weight is 234 g/mol. The van der Waals surface area contributed by atoms with Crippen LogP contribution in [0.2, 0.25) is 0 Å². The highest BCUT2D eigenvalue weighted by molar-refractivity contribution is 5.47. The molecule has 0 atom stereocenters. The second-order valence-electron chi connectivity index (χ2n) is 3.80. The topological polar surface area (TPSA) is 67.8 Å². The Balaban J connectivity index is 2.53. The maximum atomic E-state index is 10.3. The molecule has 0 amide bonds. The summed E-state index contributed by atoms with van der Waals surface area (Å²) in [7, 11) is 0. The first-order chi connectivity index (χ1) is 8.77. The molecular weight excluding hydrogens is 224 g/mol. The molecule has 0 unspecified atom stereocenters. The van der Waals surface area contributed by atoms with Crippen molar-refractivity contribution in [1.29, 1.82) is 10.5 Å². The molecule has 0 aliphatic heterocycles. The van der Waals surface area contributed by atoms with Gasteiger partial charge in [0.1, 0.15) is 6.10 Å². The Morgan fingerprint density at radius 2 is 1.17 bits per heavy atom. The largest absolute Gasteiger partial charge is 0.384 e. The number of benzene rings is 2. The smallest absolute Gasteiger partial charge is 0.107 e. The first kappa shape index (κ1) is 11.9. The molecule has 0 saturated heterocycles. The number of nitriles is 2. The van der Waals surface area contributed by atoms with Crippen molar-refractivity contribution in [2.45, 2.75) is 6.10 Å². The van der Waals surface area contributed by atoms with Crippen LogP contribution in [0.15, 0.2) is 48.5 Å². The Bertz CT molecular complexity index is 593. The van der Waals surface area contributed by atoms with Crippen LogP contribution in [0.25, 0.3) is 0 Å². The molecule has 0 fully saturated rings. The number of aliphatic hydroxyl groups is 1. The molecule has 3 nitrogen and oxygen atoms in total. The third kappa shape index (κ3) is 2.08. The minimum absolute atomic E-state index is 0.415. The van der Waals surface area contributed by atoms with Crippen LogP contribution in [0.3, 0.4) is 0 Å². The molecule has 0 aliphatic rings. The van der Waals surface area contributed by atoms with Crippen LogP contribution in [-0.4, -0.2) is 5.11 Å². The highest BCUT2D eigenvalue weighted by Crippen LogP contribution is 2.26. The highest BCUT2D eigenvalue weighted by atomic mass is 16.3. The average Bonchev–Trinajstić information content (AvgIpc) is 2.46. The minimum Gasteiger partial charge on any atom is -0.384 e. The van der Waals surface area contributed by atoms with E-state index in [2.05, 4.69) is 0 Å². The summed E-state index contributed by atoms with van der Waals surface area (Å²) in [6.07, 6.45) is -0.961. The lowest BCUT2D eigenvalue weighted by Gasteiger charge is -2.14. The monoisotopic (exact) mass is 234 g/mol. The van der Waals surface area contributed by atoms with Gasteiger partial charge >= 0.3 is 0 Å². The molecule has 0 aliphatic carbocycles. The molecule has 0 aromatic heterocycles. The molecule has 0 spiro atoms. The number of nitrogens with zero attached hydrogens (tertiary/aromatic N) is 2. The van der Waals surface area contributed by atoms with E-state index in [9.17, 15) is 5.11 Å². The fraction of sp³-hybridized carbons (Fsp3) is 0.0667. The van der Waals surface area contributed by atoms with Gasteiger partial charge in [-0.1, -0.05) is 36.4 Å². The van der Waals surface area contributed by atoms with Crippen molar-refractivity contribution in [3.05, 3.63) is 70.8 Å². The van der Waals surface area contributed by atoms with Gasteiger partial charge in [-0.3, -0.25) is 0 Å². The zero-order valence-electron chi connectivity index (χ0n) is 9.54. The molecule has 1 N–H and O–H groups in total. The minimum atomic E-state index is -0.961. The zero-order chi connectivity index (χ0) is 13.0. The van der Waals surface area contributed by atoms with E-state index in [1.54, 1.807) is 48.5 Å². The summed E-state index contributed by atoms with van der Waals surface area (Å²) in [5.41, 5.74) is 1.86. The quantitative estimate of drug-likeness (QED) is 0.868. The lowest BCUT2D eigenvalue weighted by molar-refractivity contribution is 0.219. The molecule has 2 aromatic carbocycles. The molecule has 2 rings (SSSR count). The van der Waals surface area contributed by atoms with Gasteiger partial charge in [0.2, 0.25) is 0 Å². The van der Waals surface area contributed by atoms with Gasteiger partial charge in [-0.25, -0.2) is 0 Å². The van der Waals surface area contributed by atoms with Crippen molar-refractivity contribution >= 4 is 0 Å². The third-order valence-corrected chi connectivity index (χ3v) is 2.75. The van der Waals surface area contributed by atoms with Crippen molar-refractivity contribution in [2.24, 2.45) is 0 Å². The predicted octanol–water partition coefficient (Wildman–Crippen LogP) is 2.51. The maximum absolute atomic E-state index is 10.3. The zero-order valence-corrected chi connectivity index (χ0v) is 9.54. The summed E-state index contributed by atoms with van der Waals surface area (Å²) in [6, 6.07) is 17.8. The Morgan fingerprint density at radius 3 is 1.56 bits per heavy atom. The molecule has 0 bridgehead atoms. The highest BCUT2D eigenvalue weighted by Gasteiger charge is 2.16. The van der Waals surface area contributed by atoms with Crippen LogP contribution >= 0.6 is 0 Å². The Hall–Kier alpha value is -2.62. The van der Waals surface area contributed by atoms with Gasteiger partial charge in [0, 0.05) is 11.1 Å². The molecular formula is C15H10N2O. The van der Waals surface area contributed by atoms with Crippen LogP contribution in [0, 0.1) is 22.7 Å². The molecule has 0 saturated carbocycles.